The van der Waals surface area contributed by atoms with Crippen LogP contribution in [0.3, 0.4) is 0 Å². The van der Waals surface area contributed by atoms with Crippen LogP contribution in [0.2, 0.25) is 0 Å². The third kappa shape index (κ3) is 3.94. The molecule has 0 radical (unpaired) electrons. The Morgan fingerprint density at radius 3 is 2.42 bits per heavy atom. The maximum absolute atomic E-state index is 12.3. The quantitative estimate of drug-likeness (QED) is 0.729. The maximum atomic E-state index is 12.3. The van der Waals surface area contributed by atoms with Gasteiger partial charge in [0.1, 0.15) is 18.2 Å². The van der Waals surface area contributed by atoms with Crippen LogP contribution in [0.25, 0.3) is 0 Å². The normalized spacial score (nSPS) is 14.0. The van der Waals surface area contributed by atoms with Crippen molar-refractivity contribution in [1.82, 2.24) is 0 Å². The molecule has 0 aromatic heterocycles. The number of carbonyl (C=O) groups excluding carboxylic acids is 2. The average molecular weight is 365 g/mol. The van der Waals surface area contributed by atoms with Gasteiger partial charge in [-0.05, 0) is 17.7 Å². The molecule has 9 nitrogen and oxygen atoms in total. The fourth-order valence-corrected chi connectivity index (χ4v) is 2.56. The molecule has 0 aliphatic carbocycles. The summed E-state index contributed by atoms with van der Waals surface area (Å²) in [6.07, 6.45) is -0.215. The molecule has 0 fully saturated rings. The molecular formula is C17H19NO8. The second-order valence-electron chi connectivity index (χ2n) is 5.29. The molecular weight excluding hydrogens is 346 g/mol. The molecule has 1 aromatic rings. The van der Waals surface area contributed by atoms with Crippen molar-refractivity contribution < 1.29 is 38.4 Å². The van der Waals surface area contributed by atoms with Gasteiger partial charge in [0.2, 0.25) is 0 Å². The number of carboxylic acids is 1. The number of anilines is 1. The largest absolute Gasteiger partial charge is 0.495 e. The standard InChI is InChI=1S/C17H19NO8/c1-23-13-5-4-10(7-14(19)20)6-12(13)18-9-26-8-11(16(21)24-2)15(18)17(22)25-3/h4-6H,7-9H2,1-3H3,(H,19,20). The van der Waals surface area contributed by atoms with Gasteiger partial charge in [-0.25, -0.2) is 9.59 Å². The Kier molecular flexibility index (Phi) is 6.18. The maximum Gasteiger partial charge on any atom is 0.355 e. The smallest absolute Gasteiger partial charge is 0.355 e. The third-order valence-electron chi connectivity index (χ3n) is 3.72. The van der Waals surface area contributed by atoms with E-state index in [9.17, 15) is 14.4 Å². The van der Waals surface area contributed by atoms with Crippen LogP contribution in [0.4, 0.5) is 5.69 Å². The lowest BCUT2D eigenvalue weighted by atomic mass is 10.1. The third-order valence-corrected chi connectivity index (χ3v) is 3.72. The predicted molar refractivity (Wildman–Crippen MR) is 88.7 cm³/mol. The highest BCUT2D eigenvalue weighted by Gasteiger charge is 2.33. The van der Waals surface area contributed by atoms with Crippen LogP contribution in [-0.2, 0) is 35.0 Å². The van der Waals surface area contributed by atoms with Gasteiger partial charge in [-0.1, -0.05) is 6.07 Å². The number of aliphatic carboxylic acids is 1. The molecule has 1 N–H and O–H groups in total. The summed E-state index contributed by atoms with van der Waals surface area (Å²) in [6.45, 7) is -0.178. The van der Waals surface area contributed by atoms with Crippen LogP contribution in [0, 0.1) is 0 Å². The van der Waals surface area contributed by atoms with Crippen LogP contribution in [0.15, 0.2) is 29.5 Å². The number of hydrogen-bond acceptors (Lipinski definition) is 8. The van der Waals surface area contributed by atoms with Gasteiger partial charge >= 0.3 is 17.9 Å². The minimum Gasteiger partial charge on any atom is -0.495 e. The molecule has 2 rings (SSSR count). The lowest BCUT2D eigenvalue weighted by Gasteiger charge is -2.32. The highest BCUT2D eigenvalue weighted by Crippen LogP contribution is 2.35. The molecule has 0 unspecified atom stereocenters. The molecule has 1 aromatic carbocycles. The fraction of sp³-hybridized carbons (Fsp3) is 0.353. The molecule has 0 atom stereocenters. The van der Waals surface area contributed by atoms with E-state index in [1.165, 1.54) is 26.2 Å². The Morgan fingerprint density at radius 1 is 1.15 bits per heavy atom. The lowest BCUT2D eigenvalue weighted by molar-refractivity contribution is -0.140. The number of carboxylic acid groups (broad SMARTS) is 1. The summed E-state index contributed by atoms with van der Waals surface area (Å²) in [7, 11) is 3.82. The van der Waals surface area contributed by atoms with Crippen molar-refractivity contribution in [1.29, 1.82) is 0 Å². The summed E-state index contributed by atoms with van der Waals surface area (Å²) < 4.78 is 20.2. The van der Waals surface area contributed by atoms with Gasteiger partial charge in [-0.2, -0.15) is 0 Å². The molecule has 1 aliphatic rings. The van der Waals surface area contributed by atoms with Crippen molar-refractivity contribution in [2.24, 2.45) is 0 Å². The van der Waals surface area contributed by atoms with Crippen LogP contribution in [0.5, 0.6) is 5.75 Å². The summed E-state index contributed by atoms with van der Waals surface area (Å²) in [5.41, 5.74) is 0.808. The Labute approximate surface area is 149 Å². The van der Waals surface area contributed by atoms with Gasteiger partial charge < -0.3 is 29.0 Å². The van der Waals surface area contributed by atoms with E-state index in [1.807, 2.05) is 0 Å². The van der Waals surface area contributed by atoms with E-state index >= 15 is 0 Å². The SMILES string of the molecule is COC(=O)C1=C(C(=O)OC)N(c2cc(CC(=O)O)ccc2OC)COC1. The van der Waals surface area contributed by atoms with Crippen molar-refractivity contribution in [3.05, 3.63) is 35.0 Å². The number of methoxy groups -OCH3 is 3. The second kappa shape index (κ2) is 8.34. The molecule has 0 amide bonds. The minimum absolute atomic E-state index is 0.00343. The minimum atomic E-state index is -1.00. The first-order chi connectivity index (χ1) is 12.4. The van der Waals surface area contributed by atoms with Crippen molar-refractivity contribution in [2.45, 2.75) is 6.42 Å². The molecule has 0 spiro atoms. The molecule has 0 saturated heterocycles. The first-order valence-electron chi connectivity index (χ1n) is 7.56. The van der Waals surface area contributed by atoms with Gasteiger partial charge in [0.25, 0.3) is 0 Å². The molecule has 0 bridgehead atoms. The molecule has 9 heteroatoms. The number of hydrogen-bond donors (Lipinski definition) is 1. The van der Waals surface area contributed by atoms with E-state index in [1.54, 1.807) is 18.2 Å². The van der Waals surface area contributed by atoms with Crippen LogP contribution in [0.1, 0.15) is 5.56 Å². The molecule has 140 valence electrons. The van der Waals surface area contributed by atoms with Crippen molar-refractivity contribution in [3.63, 3.8) is 0 Å². The molecule has 26 heavy (non-hydrogen) atoms. The topological polar surface area (TPSA) is 112 Å². The summed E-state index contributed by atoms with van der Waals surface area (Å²) in [5, 5.41) is 9.01. The van der Waals surface area contributed by atoms with Crippen molar-refractivity contribution in [2.75, 3.05) is 39.6 Å². The van der Waals surface area contributed by atoms with E-state index in [-0.39, 0.29) is 31.0 Å². The van der Waals surface area contributed by atoms with E-state index in [0.717, 1.165) is 0 Å². The highest BCUT2D eigenvalue weighted by atomic mass is 16.5. The zero-order valence-corrected chi connectivity index (χ0v) is 14.6. The average Bonchev–Trinajstić information content (AvgIpc) is 2.65. The fourth-order valence-electron chi connectivity index (χ4n) is 2.56. The number of carbonyl (C=O) groups is 3. The van der Waals surface area contributed by atoms with E-state index in [0.29, 0.717) is 17.0 Å². The molecule has 1 aliphatic heterocycles. The number of benzene rings is 1. The second-order valence-corrected chi connectivity index (χ2v) is 5.29. The van der Waals surface area contributed by atoms with Crippen LogP contribution in [-0.4, -0.2) is 57.7 Å². The Morgan fingerprint density at radius 2 is 1.85 bits per heavy atom. The van der Waals surface area contributed by atoms with Gasteiger partial charge in [0.05, 0.1) is 45.6 Å². The summed E-state index contributed by atoms with van der Waals surface area (Å²) in [4.78, 5) is 36.8. The van der Waals surface area contributed by atoms with Crippen molar-refractivity contribution >= 4 is 23.6 Å². The van der Waals surface area contributed by atoms with Gasteiger partial charge in [0.15, 0.2) is 0 Å². The van der Waals surface area contributed by atoms with Crippen LogP contribution >= 0.6 is 0 Å². The monoisotopic (exact) mass is 365 g/mol. The summed E-state index contributed by atoms with van der Waals surface area (Å²) >= 11 is 0. The number of ether oxygens (including phenoxy) is 4. The Hall–Kier alpha value is -3.07. The number of nitrogens with zero attached hydrogens (tertiary/aromatic N) is 1. The van der Waals surface area contributed by atoms with E-state index in [4.69, 9.17) is 24.1 Å². The van der Waals surface area contributed by atoms with Crippen LogP contribution < -0.4 is 9.64 Å². The molecule has 0 saturated carbocycles. The van der Waals surface area contributed by atoms with Gasteiger partial charge in [0, 0.05) is 0 Å². The van der Waals surface area contributed by atoms with Crippen molar-refractivity contribution in [3.8, 4) is 5.75 Å². The summed E-state index contributed by atoms with van der Waals surface area (Å²) in [5.74, 6) is -2.11. The zero-order chi connectivity index (χ0) is 19.3. The summed E-state index contributed by atoms with van der Waals surface area (Å²) in [6, 6.07) is 4.73. The Bertz CT molecular complexity index is 755. The predicted octanol–water partition coefficient (Wildman–Crippen LogP) is 0.716. The van der Waals surface area contributed by atoms with E-state index in [2.05, 4.69) is 0 Å². The molecule has 1 heterocycles. The zero-order valence-electron chi connectivity index (χ0n) is 14.6. The first-order valence-corrected chi connectivity index (χ1v) is 7.56. The number of esters is 2. The first kappa shape index (κ1) is 19.3. The Balaban J connectivity index is 2.61. The number of rotatable bonds is 6. The van der Waals surface area contributed by atoms with E-state index < -0.39 is 17.9 Å². The lowest BCUT2D eigenvalue weighted by Crippen LogP contribution is -2.39. The van der Waals surface area contributed by atoms with Gasteiger partial charge in [-0.3, -0.25) is 4.79 Å². The van der Waals surface area contributed by atoms with Gasteiger partial charge in [-0.15, -0.1) is 0 Å². The highest BCUT2D eigenvalue weighted by molar-refractivity contribution is 6.03.